The largest absolute Gasteiger partial charge is 0.462 e. The van der Waals surface area contributed by atoms with Crippen LogP contribution in [0.15, 0.2) is 29.3 Å². The van der Waals surface area contributed by atoms with E-state index in [1.165, 1.54) is 11.3 Å². The van der Waals surface area contributed by atoms with Crippen LogP contribution in [0.5, 0.6) is 0 Å². The summed E-state index contributed by atoms with van der Waals surface area (Å²) in [5.41, 5.74) is 2.95. The van der Waals surface area contributed by atoms with E-state index in [2.05, 4.69) is 32.7 Å². The van der Waals surface area contributed by atoms with E-state index < -0.39 is 0 Å². The number of methoxy groups -OCH3 is 1. The number of nitrogens with one attached hydrogen (secondary N) is 2. The van der Waals surface area contributed by atoms with Crippen LogP contribution >= 0.6 is 35.3 Å². The lowest BCUT2D eigenvalue weighted by Crippen LogP contribution is -2.38. The lowest BCUT2D eigenvalue weighted by molar-refractivity contribution is 0.0531. The first kappa shape index (κ1) is 25.3. The number of rotatable bonds is 8. The number of nitrogens with zero attached hydrogens (tertiary/aromatic N) is 2. The molecule has 7 nitrogen and oxygen atoms in total. The normalized spacial score (nSPS) is 12.1. The Morgan fingerprint density at radius 1 is 1.34 bits per heavy atom. The number of hydrogen-bond donors (Lipinski definition) is 2. The minimum absolute atomic E-state index is 0. The number of guanidine groups is 1. The maximum Gasteiger partial charge on any atom is 0.350 e. The molecule has 0 aliphatic carbocycles. The predicted octanol–water partition coefficient (Wildman–Crippen LogP) is 3.82. The second-order valence-corrected chi connectivity index (χ2v) is 7.26. The van der Waals surface area contributed by atoms with Crippen LogP contribution in [0.4, 0.5) is 0 Å². The molecule has 0 fully saturated rings. The highest BCUT2D eigenvalue weighted by molar-refractivity contribution is 14.0. The lowest BCUT2D eigenvalue weighted by atomic mass is 10.1. The Labute approximate surface area is 193 Å². The number of thiazole rings is 1. The number of ether oxygens (including phenoxy) is 2. The topological polar surface area (TPSA) is 84.8 Å². The molecule has 9 heteroatoms. The summed E-state index contributed by atoms with van der Waals surface area (Å²) in [6.45, 7) is 7.17. The van der Waals surface area contributed by atoms with Gasteiger partial charge in [-0.15, -0.1) is 35.3 Å². The Morgan fingerprint density at radius 3 is 2.72 bits per heavy atom. The first-order valence-corrected chi connectivity index (χ1v) is 9.98. The smallest absolute Gasteiger partial charge is 0.350 e. The molecule has 2 rings (SSSR count). The van der Waals surface area contributed by atoms with Gasteiger partial charge in [-0.1, -0.05) is 24.3 Å². The summed E-state index contributed by atoms with van der Waals surface area (Å²) in [7, 11) is 3.41. The molecular formula is C20H29IN4O3S. The third kappa shape index (κ3) is 7.56. The van der Waals surface area contributed by atoms with E-state index in [1.807, 2.05) is 26.0 Å². The highest BCUT2D eigenvalue weighted by Crippen LogP contribution is 2.24. The van der Waals surface area contributed by atoms with Crippen molar-refractivity contribution in [1.29, 1.82) is 0 Å². The van der Waals surface area contributed by atoms with Crippen molar-refractivity contribution in [1.82, 2.24) is 15.6 Å². The zero-order valence-electron chi connectivity index (χ0n) is 17.4. The van der Waals surface area contributed by atoms with Gasteiger partial charge in [0.2, 0.25) is 0 Å². The molecular weight excluding hydrogens is 503 g/mol. The number of carbonyl (C=O) groups is 1. The van der Waals surface area contributed by atoms with Gasteiger partial charge in [-0.25, -0.2) is 9.78 Å². The Balaban J connectivity index is 0.00000420. The van der Waals surface area contributed by atoms with E-state index >= 15 is 0 Å². The number of carbonyl (C=O) groups excluding carboxylic acids is 1. The highest BCUT2D eigenvalue weighted by atomic mass is 127. The molecule has 0 saturated carbocycles. The fourth-order valence-corrected chi connectivity index (χ4v) is 3.59. The minimum Gasteiger partial charge on any atom is -0.462 e. The minimum atomic E-state index is -0.325. The molecule has 29 heavy (non-hydrogen) atoms. The summed E-state index contributed by atoms with van der Waals surface area (Å²) >= 11 is 1.35. The summed E-state index contributed by atoms with van der Waals surface area (Å²) in [4.78, 5) is 21.3. The van der Waals surface area contributed by atoms with E-state index in [9.17, 15) is 4.79 Å². The van der Waals surface area contributed by atoms with Gasteiger partial charge >= 0.3 is 5.97 Å². The second-order valence-electron chi connectivity index (χ2n) is 6.23. The second kappa shape index (κ2) is 12.8. The van der Waals surface area contributed by atoms with Crippen molar-refractivity contribution in [3.05, 3.63) is 51.0 Å². The van der Waals surface area contributed by atoms with Crippen LogP contribution in [0, 0.1) is 6.92 Å². The SMILES string of the molecule is CCOC(=O)c1sc(C(C)NC(=NC)NCc2cccc(COC)c2)nc1C.I. The molecule has 0 amide bonds. The third-order valence-corrected chi connectivity index (χ3v) is 5.30. The van der Waals surface area contributed by atoms with Crippen molar-refractivity contribution in [3.63, 3.8) is 0 Å². The van der Waals surface area contributed by atoms with E-state index in [1.54, 1.807) is 21.1 Å². The van der Waals surface area contributed by atoms with Crippen LogP contribution in [0.25, 0.3) is 0 Å². The van der Waals surface area contributed by atoms with Crippen molar-refractivity contribution in [2.45, 2.75) is 40.0 Å². The number of hydrogen-bond acceptors (Lipinski definition) is 6. The third-order valence-electron chi connectivity index (χ3n) is 3.98. The summed E-state index contributed by atoms with van der Waals surface area (Å²) in [5.74, 6) is 0.338. The molecule has 1 heterocycles. The molecule has 160 valence electrons. The van der Waals surface area contributed by atoms with Crippen LogP contribution in [-0.2, 0) is 22.6 Å². The number of aryl methyl sites for hydroxylation is 1. The van der Waals surface area contributed by atoms with Gasteiger partial charge in [-0.05, 0) is 31.9 Å². The Morgan fingerprint density at radius 2 is 2.07 bits per heavy atom. The summed E-state index contributed by atoms with van der Waals surface area (Å²) in [5, 5.41) is 7.43. The molecule has 1 aromatic heterocycles. The molecule has 1 unspecified atom stereocenters. The van der Waals surface area contributed by atoms with Crippen molar-refractivity contribution in [2.75, 3.05) is 20.8 Å². The van der Waals surface area contributed by atoms with Gasteiger partial charge in [0.1, 0.15) is 9.88 Å². The van der Waals surface area contributed by atoms with Crippen molar-refractivity contribution in [2.24, 2.45) is 4.99 Å². The molecule has 1 aromatic carbocycles. The standard InChI is InChI=1S/C20H28N4O3S.HI/c1-6-27-19(25)17-13(2)23-18(28-17)14(3)24-20(21-4)22-11-15-8-7-9-16(10-15)12-26-5;/h7-10,14H,6,11-12H2,1-5H3,(H2,21,22,24);1H. The first-order chi connectivity index (χ1) is 13.5. The summed E-state index contributed by atoms with van der Waals surface area (Å²) in [6, 6.07) is 8.10. The quantitative estimate of drug-likeness (QED) is 0.233. The van der Waals surface area contributed by atoms with Gasteiger partial charge in [0, 0.05) is 20.7 Å². The van der Waals surface area contributed by atoms with Crippen LogP contribution in [0.2, 0.25) is 0 Å². The Hall–Kier alpha value is -1.72. The highest BCUT2D eigenvalue weighted by Gasteiger charge is 2.20. The number of halogens is 1. The Kier molecular flexibility index (Phi) is 11.1. The fraction of sp³-hybridized carbons (Fsp3) is 0.450. The fourth-order valence-electron chi connectivity index (χ4n) is 2.63. The van der Waals surface area contributed by atoms with E-state index in [0.29, 0.717) is 36.3 Å². The molecule has 0 aliphatic heterocycles. The monoisotopic (exact) mass is 532 g/mol. The van der Waals surface area contributed by atoms with Gasteiger partial charge < -0.3 is 20.1 Å². The van der Waals surface area contributed by atoms with Crippen LogP contribution in [-0.4, -0.2) is 37.7 Å². The number of esters is 1. The molecule has 0 radical (unpaired) electrons. The maximum atomic E-state index is 12.0. The lowest BCUT2D eigenvalue weighted by Gasteiger charge is -2.16. The van der Waals surface area contributed by atoms with Crippen LogP contribution in [0.3, 0.4) is 0 Å². The van der Waals surface area contributed by atoms with E-state index in [-0.39, 0.29) is 36.0 Å². The molecule has 1 atom stereocenters. The average Bonchev–Trinajstić information content (AvgIpc) is 3.08. The van der Waals surface area contributed by atoms with Gasteiger partial charge in [-0.2, -0.15) is 0 Å². The van der Waals surface area contributed by atoms with Crippen LogP contribution in [0.1, 0.15) is 51.4 Å². The van der Waals surface area contributed by atoms with Crippen molar-refractivity contribution >= 4 is 47.2 Å². The predicted molar refractivity (Wildman–Crippen MR) is 127 cm³/mol. The van der Waals surface area contributed by atoms with Gasteiger partial charge in [0.15, 0.2) is 5.96 Å². The van der Waals surface area contributed by atoms with Crippen LogP contribution < -0.4 is 10.6 Å². The molecule has 2 N–H and O–H groups in total. The number of benzene rings is 1. The molecule has 0 aliphatic rings. The van der Waals surface area contributed by atoms with Gasteiger partial charge in [-0.3, -0.25) is 4.99 Å². The van der Waals surface area contributed by atoms with Crippen molar-refractivity contribution in [3.8, 4) is 0 Å². The average molecular weight is 532 g/mol. The van der Waals surface area contributed by atoms with E-state index in [0.717, 1.165) is 16.1 Å². The van der Waals surface area contributed by atoms with E-state index in [4.69, 9.17) is 9.47 Å². The summed E-state index contributed by atoms with van der Waals surface area (Å²) in [6.07, 6.45) is 0. The molecule has 2 aromatic rings. The van der Waals surface area contributed by atoms with Gasteiger partial charge in [0.25, 0.3) is 0 Å². The number of aliphatic imine (C=N–C) groups is 1. The van der Waals surface area contributed by atoms with Crippen molar-refractivity contribution < 1.29 is 14.3 Å². The zero-order valence-corrected chi connectivity index (χ0v) is 20.6. The summed E-state index contributed by atoms with van der Waals surface area (Å²) < 4.78 is 10.3. The molecule has 0 bridgehead atoms. The molecule has 0 saturated heterocycles. The number of aromatic nitrogens is 1. The zero-order chi connectivity index (χ0) is 20.5. The molecule has 0 spiro atoms. The van der Waals surface area contributed by atoms with Gasteiger partial charge in [0.05, 0.1) is 24.9 Å². The first-order valence-electron chi connectivity index (χ1n) is 9.16. The Bertz CT molecular complexity index is 826. The maximum absolute atomic E-state index is 12.0.